The van der Waals surface area contributed by atoms with E-state index in [1.54, 1.807) is 31.3 Å². The molecule has 5 N–H and O–H groups in total. The van der Waals surface area contributed by atoms with Gasteiger partial charge in [0.05, 0.1) is 21.3 Å². The van der Waals surface area contributed by atoms with E-state index in [4.69, 9.17) is 15.9 Å². The quantitative estimate of drug-likeness (QED) is 0.497. The second-order valence-electron chi connectivity index (χ2n) is 7.75. The molecule has 1 aliphatic heterocycles. The number of primary sulfonamides is 1. The highest BCUT2D eigenvalue weighted by atomic mass is 32.2. The Morgan fingerprint density at radius 2 is 2.00 bits per heavy atom. The Balaban J connectivity index is 1.89. The van der Waals surface area contributed by atoms with Crippen molar-refractivity contribution < 1.29 is 12.8 Å². The molecule has 1 aromatic carbocycles. The highest BCUT2D eigenvalue weighted by Crippen LogP contribution is 2.42. The first-order valence-electron chi connectivity index (χ1n) is 10.4. The minimum absolute atomic E-state index is 0.0390. The molecule has 4 rings (SSSR count). The summed E-state index contributed by atoms with van der Waals surface area (Å²) in [6, 6.07) is 6.40. The van der Waals surface area contributed by atoms with Gasteiger partial charge in [-0.1, -0.05) is 19.1 Å². The highest BCUT2D eigenvalue weighted by molar-refractivity contribution is 7.89. The third kappa shape index (κ3) is 4.51. The van der Waals surface area contributed by atoms with Gasteiger partial charge >= 0.3 is 0 Å². The highest BCUT2D eigenvalue weighted by Gasteiger charge is 2.29. The average Bonchev–Trinajstić information content (AvgIpc) is 3.20. The summed E-state index contributed by atoms with van der Waals surface area (Å²) in [5, 5.41) is 8.48. The molecule has 8 nitrogen and oxygen atoms in total. The van der Waals surface area contributed by atoms with Crippen LogP contribution in [0, 0.1) is 5.82 Å². The Bertz CT molecular complexity index is 1220. The van der Waals surface area contributed by atoms with Crippen LogP contribution >= 0.6 is 11.3 Å². The molecule has 2 aromatic heterocycles. The normalized spacial score (nSPS) is 16.2. The van der Waals surface area contributed by atoms with Crippen LogP contribution in [-0.2, 0) is 10.0 Å². The molecule has 32 heavy (non-hydrogen) atoms. The average molecular weight is 477 g/mol. The number of hydrogen-bond donors (Lipinski definition) is 3. The standard InChI is InChI=1S/C21H25FN6O2S2/c1-2-16(32(24,29)30)13-4-3-5-14(17(13)22)18-19(15-8-11-26-21(23)27-15)31-20(28-18)12-6-9-25-10-7-12/h3-5,8,11-12,16,25H,2,6-7,9-10H2,1H3,(H2,23,26,27)(H2,24,29,30). The van der Waals surface area contributed by atoms with Gasteiger partial charge in [0, 0.05) is 23.2 Å². The Morgan fingerprint density at radius 1 is 1.25 bits per heavy atom. The molecular weight excluding hydrogens is 451 g/mol. The van der Waals surface area contributed by atoms with Crippen LogP contribution in [0.5, 0.6) is 0 Å². The maximum atomic E-state index is 15.7. The lowest BCUT2D eigenvalue weighted by Gasteiger charge is -2.20. The summed E-state index contributed by atoms with van der Waals surface area (Å²) in [4.78, 5) is 13.8. The number of hydrogen-bond acceptors (Lipinski definition) is 8. The van der Waals surface area contributed by atoms with Gasteiger partial charge in [0.25, 0.3) is 0 Å². The molecule has 170 valence electrons. The third-order valence-electron chi connectivity index (χ3n) is 5.64. The fourth-order valence-electron chi connectivity index (χ4n) is 4.05. The molecule has 1 aliphatic rings. The van der Waals surface area contributed by atoms with Crippen molar-refractivity contribution in [3.63, 3.8) is 0 Å². The zero-order chi connectivity index (χ0) is 22.9. The van der Waals surface area contributed by atoms with Crippen LogP contribution in [0.15, 0.2) is 30.5 Å². The molecule has 0 aliphatic carbocycles. The summed E-state index contributed by atoms with van der Waals surface area (Å²) >= 11 is 1.46. The van der Waals surface area contributed by atoms with Crippen molar-refractivity contribution >= 4 is 27.3 Å². The van der Waals surface area contributed by atoms with E-state index in [1.807, 2.05) is 0 Å². The van der Waals surface area contributed by atoms with Gasteiger partial charge < -0.3 is 11.1 Å². The molecule has 0 spiro atoms. The van der Waals surface area contributed by atoms with Crippen molar-refractivity contribution in [2.45, 2.75) is 37.4 Å². The summed E-state index contributed by atoms with van der Waals surface area (Å²) in [6.07, 6.45) is 3.58. The molecule has 1 unspecified atom stereocenters. The molecular formula is C21H25FN6O2S2. The van der Waals surface area contributed by atoms with Crippen molar-refractivity contribution in [3.05, 3.63) is 46.9 Å². The predicted molar refractivity (Wildman–Crippen MR) is 124 cm³/mol. The van der Waals surface area contributed by atoms with Gasteiger partial charge in [0.15, 0.2) is 0 Å². The summed E-state index contributed by atoms with van der Waals surface area (Å²) in [7, 11) is -3.97. The molecule has 1 fully saturated rings. The van der Waals surface area contributed by atoms with Crippen molar-refractivity contribution in [1.82, 2.24) is 20.3 Å². The second kappa shape index (κ2) is 9.18. The number of thiazole rings is 1. The fraction of sp³-hybridized carbons (Fsp3) is 0.381. The SMILES string of the molecule is CCC(c1cccc(-c2nc(C3CCNCC3)sc2-c2ccnc(N)n2)c1F)S(N)(=O)=O. The summed E-state index contributed by atoms with van der Waals surface area (Å²) in [6.45, 7) is 3.45. The Hall–Kier alpha value is -2.47. The van der Waals surface area contributed by atoms with Gasteiger partial charge in [-0.05, 0) is 44.5 Å². The van der Waals surface area contributed by atoms with E-state index in [1.165, 1.54) is 17.4 Å². The van der Waals surface area contributed by atoms with E-state index in [0.29, 0.717) is 16.3 Å². The lowest BCUT2D eigenvalue weighted by Crippen LogP contribution is -2.26. The smallest absolute Gasteiger partial charge is 0.220 e. The Morgan fingerprint density at radius 3 is 2.66 bits per heavy atom. The number of anilines is 1. The van der Waals surface area contributed by atoms with Gasteiger partial charge in [-0.15, -0.1) is 11.3 Å². The van der Waals surface area contributed by atoms with Gasteiger partial charge in [-0.25, -0.2) is 32.9 Å². The fourth-order valence-corrected chi connectivity index (χ4v) is 6.27. The number of halogens is 1. The van der Waals surface area contributed by atoms with Crippen molar-refractivity contribution in [2.24, 2.45) is 5.14 Å². The van der Waals surface area contributed by atoms with Crippen LogP contribution in [0.2, 0.25) is 0 Å². The number of nitrogens with zero attached hydrogens (tertiary/aromatic N) is 3. The number of sulfonamides is 1. The summed E-state index contributed by atoms with van der Waals surface area (Å²) in [5.41, 5.74) is 7.02. The van der Waals surface area contributed by atoms with Crippen molar-refractivity contribution in [1.29, 1.82) is 0 Å². The van der Waals surface area contributed by atoms with Crippen LogP contribution < -0.4 is 16.2 Å². The molecule has 0 radical (unpaired) electrons. The maximum absolute atomic E-state index is 15.7. The second-order valence-corrected chi connectivity index (χ2v) is 10.5. The van der Waals surface area contributed by atoms with Crippen LogP contribution in [0.3, 0.4) is 0 Å². The van der Waals surface area contributed by atoms with Crippen LogP contribution in [-0.4, -0.2) is 36.5 Å². The maximum Gasteiger partial charge on any atom is 0.220 e. The van der Waals surface area contributed by atoms with Gasteiger partial charge in [-0.3, -0.25) is 0 Å². The molecule has 0 saturated carbocycles. The van der Waals surface area contributed by atoms with Gasteiger partial charge in [0.2, 0.25) is 16.0 Å². The van der Waals surface area contributed by atoms with E-state index in [-0.39, 0.29) is 29.4 Å². The first kappa shape index (κ1) is 22.7. The van der Waals surface area contributed by atoms with Gasteiger partial charge in [0.1, 0.15) is 11.1 Å². The minimum atomic E-state index is -3.97. The zero-order valence-corrected chi connectivity index (χ0v) is 19.2. The number of aromatic nitrogens is 3. The lowest BCUT2D eigenvalue weighted by atomic mass is 9.98. The topological polar surface area (TPSA) is 137 Å². The minimum Gasteiger partial charge on any atom is -0.368 e. The Kier molecular flexibility index (Phi) is 6.52. The summed E-state index contributed by atoms with van der Waals surface area (Å²) in [5.74, 6) is -0.273. The largest absolute Gasteiger partial charge is 0.368 e. The molecule has 0 bridgehead atoms. The zero-order valence-electron chi connectivity index (χ0n) is 17.6. The van der Waals surface area contributed by atoms with Crippen LogP contribution in [0.25, 0.3) is 21.8 Å². The first-order chi connectivity index (χ1) is 15.3. The first-order valence-corrected chi connectivity index (χ1v) is 12.8. The third-order valence-corrected chi connectivity index (χ3v) is 8.26. The lowest BCUT2D eigenvalue weighted by molar-refractivity contribution is 0.459. The molecule has 3 aromatic rings. The van der Waals surface area contributed by atoms with Gasteiger partial charge in [-0.2, -0.15) is 0 Å². The molecule has 11 heteroatoms. The number of nitrogens with one attached hydrogen (secondary N) is 1. The molecule has 0 amide bonds. The Labute approximate surface area is 190 Å². The number of benzene rings is 1. The molecule has 1 saturated heterocycles. The number of nitrogens with two attached hydrogens (primary N) is 2. The van der Waals surface area contributed by atoms with Crippen LogP contribution in [0.4, 0.5) is 10.3 Å². The number of nitrogen functional groups attached to an aromatic ring is 1. The predicted octanol–water partition coefficient (Wildman–Crippen LogP) is 3.20. The molecule has 3 heterocycles. The van der Waals surface area contributed by atoms with E-state index >= 15 is 4.39 Å². The van der Waals surface area contributed by atoms with E-state index < -0.39 is 21.1 Å². The van der Waals surface area contributed by atoms with Crippen LogP contribution in [0.1, 0.15) is 47.9 Å². The number of rotatable bonds is 6. The van der Waals surface area contributed by atoms with Crippen molar-refractivity contribution in [3.8, 4) is 21.8 Å². The number of piperidine rings is 1. The van der Waals surface area contributed by atoms with E-state index in [0.717, 1.165) is 30.9 Å². The summed E-state index contributed by atoms with van der Waals surface area (Å²) < 4.78 is 39.8. The van der Waals surface area contributed by atoms with E-state index in [9.17, 15) is 8.42 Å². The van der Waals surface area contributed by atoms with Crippen molar-refractivity contribution in [2.75, 3.05) is 18.8 Å². The monoisotopic (exact) mass is 476 g/mol. The van der Waals surface area contributed by atoms with E-state index in [2.05, 4.69) is 15.3 Å². The molecule has 1 atom stereocenters.